The van der Waals surface area contributed by atoms with Gasteiger partial charge in [-0.2, -0.15) is 0 Å². The monoisotopic (exact) mass is 359 g/mol. The van der Waals surface area contributed by atoms with Crippen LogP contribution in [-0.4, -0.2) is 29.5 Å². The van der Waals surface area contributed by atoms with Gasteiger partial charge in [-0.1, -0.05) is 5.16 Å². The van der Waals surface area contributed by atoms with Crippen LogP contribution in [0.3, 0.4) is 0 Å². The van der Waals surface area contributed by atoms with E-state index >= 15 is 0 Å². The van der Waals surface area contributed by atoms with E-state index in [0.29, 0.717) is 23.6 Å². The van der Waals surface area contributed by atoms with Gasteiger partial charge in [0.1, 0.15) is 5.76 Å². The zero-order chi connectivity index (χ0) is 19.1. The summed E-state index contributed by atoms with van der Waals surface area (Å²) in [6.45, 7) is 4.64. The van der Waals surface area contributed by atoms with Crippen LogP contribution in [-0.2, 0) is 25.5 Å². The number of esters is 1. The van der Waals surface area contributed by atoms with Crippen molar-refractivity contribution in [2.45, 2.75) is 33.6 Å². The van der Waals surface area contributed by atoms with Crippen molar-refractivity contribution in [3.8, 4) is 0 Å². The zero-order valence-corrected chi connectivity index (χ0v) is 14.9. The second kappa shape index (κ2) is 8.80. The topological polar surface area (TPSA) is 111 Å². The first kappa shape index (κ1) is 19.2. The van der Waals surface area contributed by atoms with E-state index < -0.39 is 11.9 Å². The Morgan fingerprint density at radius 3 is 2.23 bits per heavy atom. The van der Waals surface area contributed by atoms with Crippen LogP contribution < -0.4 is 10.6 Å². The number of amides is 2. The van der Waals surface area contributed by atoms with Crippen LogP contribution in [0.1, 0.15) is 30.4 Å². The standard InChI is InChI=1S/C18H21N3O5/c1-11-16(12(2)26-21-11)8-9-18(24)25-10-17(23)20-15-6-4-14(5-7-15)19-13(3)22/h4-7H,8-10H2,1-3H3,(H,19,22)(H,20,23). The summed E-state index contributed by atoms with van der Waals surface area (Å²) in [6.07, 6.45) is 0.591. The van der Waals surface area contributed by atoms with E-state index in [0.717, 1.165) is 11.3 Å². The highest BCUT2D eigenvalue weighted by Gasteiger charge is 2.13. The van der Waals surface area contributed by atoms with Crippen LogP contribution in [0, 0.1) is 13.8 Å². The van der Waals surface area contributed by atoms with Gasteiger partial charge < -0.3 is 19.9 Å². The molecule has 26 heavy (non-hydrogen) atoms. The van der Waals surface area contributed by atoms with Gasteiger partial charge in [0.15, 0.2) is 6.61 Å². The van der Waals surface area contributed by atoms with Gasteiger partial charge in [-0.15, -0.1) is 0 Å². The highest BCUT2D eigenvalue weighted by Crippen LogP contribution is 2.15. The van der Waals surface area contributed by atoms with Crippen molar-refractivity contribution < 1.29 is 23.6 Å². The predicted molar refractivity (Wildman–Crippen MR) is 94.6 cm³/mol. The fraction of sp³-hybridized carbons (Fsp3) is 0.333. The van der Waals surface area contributed by atoms with Crippen molar-refractivity contribution in [3.05, 3.63) is 41.3 Å². The van der Waals surface area contributed by atoms with Crippen molar-refractivity contribution in [2.75, 3.05) is 17.2 Å². The first-order chi connectivity index (χ1) is 12.3. The van der Waals surface area contributed by atoms with Gasteiger partial charge >= 0.3 is 5.97 Å². The van der Waals surface area contributed by atoms with Crippen molar-refractivity contribution in [1.29, 1.82) is 0 Å². The molecule has 2 aromatic rings. The molecular weight excluding hydrogens is 338 g/mol. The van der Waals surface area contributed by atoms with Gasteiger partial charge in [0, 0.05) is 30.3 Å². The lowest BCUT2D eigenvalue weighted by Gasteiger charge is -2.08. The van der Waals surface area contributed by atoms with Crippen LogP contribution >= 0.6 is 0 Å². The van der Waals surface area contributed by atoms with E-state index in [4.69, 9.17) is 9.26 Å². The number of nitrogens with zero attached hydrogens (tertiary/aromatic N) is 1. The van der Waals surface area contributed by atoms with Gasteiger partial charge in [0.05, 0.1) is 5.69 Å². The van der Waals surface area contributed by atoms with Gasteiger partial charge in [-0.25, -0.2) is 0 Å². The second-order valence-corrected chi connectivity index (χ2v) is 5.77. The van der Waals surface area contributed by atoms with Crippen molar-refractivity contribution >= 4 is 29.2 Å². The average molecular weight is 359 g/mol. The lowest BCUT2D eigenvalue weighted by Crippen LogP contribution is -2.21. The summed E-state index contributed by atoms with van der Waals surface area (Å²) in [4.78, 5) is 34.6. The van der Waals surface area contributed by atoms with Gasteiger partial charge in [-0.3, -0.25) is 14.4 Å². The Balaban J connectivity index is 1.74. The van der Waals surface area contributed by atoms with Crippen LogP contribution in [0.2, 0.25) is 0 Å². The van der Waals surface area contributed by atoms with E-state index in [2.05, 4.69) is 15.8 Å². The summed E-state index contributed by atoms with van der Waals surface area (Å²) in [5.41, 5.74) is 2.79. The molecule has 0 spiro atoms. The summed E-state index contributed by atoms with van der Waals surface area (Å²) in [5, 5.41) is 9.06. The van der Waals surface area contributed by atoms with E-state index in [1.165, 1.54) is 6.92 Å². The minimum absolute atomic E-state index is 0.140. The summed E-state index contributed by atoms with van der Waals surface area (Å²) in [7, 11) is 0. The number of benzene rings is 1. The predicted octanol–water partition coefficient (Wildman–Crippen LogP) is 2.36. The zero-order valence-electron chi connectivity index (χ0n) is 14.9. The number of carbonyl (C=O) groups is 3. The maximum absolute atomic E-state index is 11.8. The first-order valence-corrected chi connectivity index (χ1v) is 8.10. The third-order valence-corrected chi connectivity index (χ3v) is 3.61. The number of rotatable bonds is 7. The van der Waals surface area contributed by atoms with Gasteiger partial charge in [0.25, 0.3) is 5.91 Å². The second-order valence-electron chi connectivity index (χ2n) is 5.77. The van der Waals surface area contributed by atoms with Crippen LogP contribution in [0.15, 0.2) is 28.8 Å². The van der Waals surface area contributed by atoms with Crippen molar-refractivity contribution in [2.24, 2.45) is 0 Å². The molecule has 0 aliphatic carbocycles. The Labute approximate surface area is 150 Å². The minimum Gasteiger partial charge on any atom is -0.456 e. The molecule has 1 heterocycles. The molecule has 8 heteroatoms. The largest absolute Gasteiger partial charge is 0.456 e. The smallest absolute Gasteiger partial charge is 0.306 e. The number of hydrogen-bond donors (Lipinski definition) is 2. The molecule has 0 aliphatic rings. The van der Waals surface area contributed by atoms with Gasteiger partial charge in [-0.05, 0) is 44.5 Å². The number of aryl methyl sites for hydroxylation is 2. The normalized spacial score (nSPS) is 10.3. The maximum atomic E-state index is 11.8. The molecule has 1 aromatic carbocycles. The first-order valence-electron chi connectivity index (χ1n) is 8.10. The highest BCUT2D eigenvalue weighted by atomic mass is 16.5. The molecule has 0 unspecified atom stereocenters. The number of carbonyl (C=O) groups excluding carboxylic acids is 3. The Bertz CT molecular complexity index is 776. The summed E-state index contributed by atoms with van der Waals surface area (Å²) in [6, 6.07) is 6.60. The fourth-order valence-corrected chi connectivity index (χ4v) is 2.34. The Kier molecular flexibility index (Phi) is 6.48. The number of anilines is 2. The van der Waals surface area contributed by atoms with E-state index in [1.807, 2.05) is 6.92 Å². The maximum Gasteiger partial charge on any atom is 0.306 e. The molecule has 0 atom stereocenters. The van der Waals surface area contributed by atoms with Crippen LogP contribution in [0.5, 0.6) is 0 Å². The summed E-state index contributed by atoms with van der Waals surface area (Å²) < 4.78 is 10.0. The number of nitrogens with one attached hydrogen (secondary N) is 2. The lowest BCUT2D eigenvalue weighted by atomic mass is 10.1. The van der Waals surface area contributed by atoms with E-state index in [9.17, 15) is 14.4 Å². The molecule has 1 aromatic heterocycles. The Morgan fingerprint density at radius 2 is 1.69 bits per heavy atom. The highest BCUT2D eigenvalue weighted by molar-refractivity contribution is 5.93. The molecule has 2 N–H and O–H groups in total. The molecule has 0 aliphatic heterocycles. The fourth-order valence-electron chi connectivity index (χ4n) is 2.34. The van der Waals surface area contributed by atoms with Crippen molar-refractivity contribution in [1.82, 2.24) is 5.16 Å². The van der Waals surface area contributed by atoms with Crippen LogP contribution in [0.25, 0.3) is 0 Å². The van der Waals surface area contributed by atoms with Crippen LogP contribution in [0.4, 0.5) is 11.4 Å². The number of hydrogen-bond acceptors (Lipinski definition) is 6. The average Bonchev–Trinajstić information content (AvgIpc) is 2.90. The summed E-state index contributed by atoms with van der Waals surface area (Å²) in [5.74, 6) is -0.412. The molecule has 2 amide bonds. The molecular formula is C18H21N3O5. The summed E-state index contributed by atoms with van der Waals surface area (Å²) >= 11 is 0. The van der Waals surface area contributed by atoms with Gasteiger partial charge in [0.2, 0.25) is 5.91 Å². The number of aromatic nitrogens is 1. The SMILES string of the molecule is CC(=O)Nc1ccc(NC(=O)COC(=O)CCc2c(C)noc2C)cc1. The third kappa shape index (κ3) is 5.73. The lowest BCUT2D eigenvalue weighted by molar-refractivity contribution is -0.147. The molecule has 2 rings (SSSR count). The molecule has 138 valence electrons. The van der Waals surface area contributed by atoms with E-state index in [-0.39, 0.29) is 18.9 Å². The van der Waals surface area contributed by atoms with E-state index in [1.54, 1.807) is 31.2 Å². The quantitative estimate of drug-likeness (QED) is 0.734. The minimum atomic E-state index is -0.471. The van der Waals surface area contributed by atoms with Crippen molar-refractivity contribution in [3.63, 3.8) is 0 Å². The molecule has 0 bridgehead atoms. The Morgan fingerprint density at radius 1 is 1.08 bits per heavy atom. The third-order valence-electron chi connectivity index (χ3n) is 3.61. The molecule has 0 saturated carbocycles. The Hall–Kier alpha value is -3.16. The molecule has 0 saturated heterocycles. The number of ether oxygens (including phenoxy) is 1. The molecule has 8 nitrogen and oxygen atoms in total. The molecule has 0 radical (unpaired) electrons. The molecule has 0 fully saturated rings.